The van der Waals surface area contributed by atoms with Crippen LogP contribution < -0.4 is 15.8 Å². The van der Waals surface area contributed by atoms with Gasteiger partial charge in [-0.15, -0.1) is 12.4 Å². The zero-order valence-electron chi connectivity index (χ0n) is 14.5. The molecule has 25 heavy (non-hydrogen) atoms. The number of carbonyl (C=O) groups is 1. The summed E-state index contributed by atoms with van der Waals surface area (Å²) >= 11 is 0. The second-order valence-electron chi connectivity index (χ2n) is 5.65. The van der Waals surface area contributed by atoms with Crippen LogP contribution in [-0.2, 0) is 16.1 Å². The summed E-state index contributed by atoms with van der Waals surface area (Å²) in [5, 5.41) is 2.83. The average molecular weight is 365 g/mol. The summed E-state index contributed by atoms with van der Waals surface area (Å²) in [6.07, 6.45) is -0.0489. The van der Waals surface area contributed by atoms with Gasteiger partial charge in [-0.3, -0.25) is 4.79 Å². The molecule has 0 radical (unpaired) electrons. The number of nitrogens with one attached hydrogen (secondary N) is 1. The molecule has 0 aromatic heterocycles. The second kappa shape index (κ2) is 10.7. The van der Waals surface area contributed by atoms with Gasteiger partial charge in [0.05, 0.1) is 12.5 Å². The van der Waals surface area contributed by atoms with Crippen LogP contribution in [0.1, 0.15) is 17.5 Å². The third-order valence-corrected chi connectivity index (χ3v) is 3.62. The first-order valence-electron chi connectivity index (χ1n) is 7.92. The first-order valence-corrected chi connectivity index (χ1v) is 7.92. The van der Waals surface area contributed by atoms with Crippen molar-refractivity contribution in [2.45, 2.75) is 26.1 Å². The minimum absolute atomic E-state index is 0. The molecule has 1 amide bonds. The highest BCUT2D eigenvalue weighted by molar-refractivity contribution is 5.91. The summed E-state index contributed by atoms with van der Waals surface area (Å²) < 4.78 is 10.9. The predicted molar refractivity (Wildman–Crippen MR) is 102 cm³/mol. The Balaban J connectivity index is 0.00000312. The van der Waals surface area contributed by atoms with Gasteiger partial charge < -0.3 is 20.5 Å². The molecule has 1 unspecified atom stereocenters. The third kappa shape index (κ3) is 7.13. The summed E-state index contributed by atoms with van der Waals surface area (Å²) in [5.74, 6) is 0.569. The topological polar surface area (TPSA) is 73.6 Å². The number of carbonyl (C=O) groups excluding carboxylic acids is 1. The minimum atomic E-state index is -0.272. The van der Waals surface area contributed by atoms with Crippen LogP contribution in [-0.4, -0.2) is 25.7 Å². The summed E-state index contributed by atoms with van der Waals surface area (Å²) in [4.78, 5) is 12.0. The van der Waals surface area contributed by atoms with Crippen LogP contribution in [0, 0.1) is 6.92 Å². The molecule has 3 N–H and O–H groups in total. The Hall–Kier alpha value is -2.08. The molecule has 2 aromatic carbocycles. The van der Waals surface area contributed by atoms with E-state index in [1.54, 1.807) is 13.2 Å². The van der Waals surface area contributed by atoms with E-state index in [1.165, 1.54) is 5.56 Å². The fourth-order valence-electron chi connectivity index (χ4n) is 2.31. The minimum Gasteiger partial charge on any atom is -0.489 e. The Morgan fingerprint density at radius 1 is 1.20 bits per heavy atom. The van der Waals surface area contributed by atoms with E-state index in [9.17, 15) is 4.79 Å². The maximum absolute atomic E-state index is 12.0. The molecule has 0 saturated heterocycles. The first kappa shape index (κ1) is 21.0. The molecule has 2 rings (SSSR count). The molecule has 0 bridgehead atoms. The number of anilines is 1. The van der Waals surface area contributed by atoms with E-state index in [0.717, 1.165) is 5.56 Å². The molecule has 0 aliphatic rings. The van der Waals surface area contributed by atoms with Gasteiger partial charge >= 0.3 is 0 Å². The Morgan fingerprint density at radius 3 is 2.64 bits per heavy atom. The number of hydrogen-bond acceptors (Lipinski definition) is 4. The van der Waals surface area contributed by atoms with Crippen molar-refractivity contribution < 1.29 is 14.3 Å². The van der Waals surface area contributed by atoms with Gasteiger partial charge in [-0.2, -0.15) is 0 Å². The molecule has 5 nitrogen and oxygen atoms in total. The third-order valence-electron chi connectivity index (χ3n) is 3.62. The lowest BCUT2D eigenvalue weighted by molar-refractivity contribution is -0.118. The lowest BCUT2D eigenvalue weighted by Crippen LogP contribution is -2.28. The van der Waals surface area contributed by atoms with Crippen LogP contribution in [0.4, 0.5) is 5.69 Å². The van der Waals surface area contributed by atoms with E-state index in [-0.39, 0.29) is 30.8 Å². The van der Waals surface area contributed by atoms with Gasteiger partial charge in [0.1, 0.15) is 12.4 Å². The molecule has 0 aliphatic carbocycles. The number of halogens is 1. The number of benzene rings is 2. The molecule has 0 fully saturated rings. The molecule has 1 atom stereocenters. The highest BCUT2D eigenvalue weighted by atomic mass is 35.5. The molecular formula is C19H25ClN2O3. The number of aryl methyl sites for hydroxylation is 1. The van der Waals surface area contributed by atoms with E-state index in [1.807, 2.05) is 43.3 Å². The monoisotopic (exact) mass is 364 g/mol. The quantitative estimate of drug-likeness (QED) is 0.753. The van der Waals surface area contributed by atoms with Gasteiger partial charge in [-0.1, -0.05) is 35.9 Å². The summed E-state index contributed by atoms with van der Waals surface area (Å²) in [7, 11) is 1.55. The second-order valence-corrected chi connectivity index (χ2v) is 5.65. The molecule has 2 aromatic rings. The fraction of sp³-hybridized carbons (Fsp3) is 0.316. The van der Waals surface area contributed by atoms with Crippen molar-refractivity contribution >= 4 is 24.0 Å². The number of nitrogens with two attached hydrogens (primary N) is 1. The number of methoxy groups -OCH3 is 1. The summed E-state index contributed by atoms with van der Waals surface area (Å²) in [6, 6.07) is 15.5. The highest BCUT2D eigenvalue weighted by Gasteiger charge is 2.11. The van der Waals surface area contributed by atoms with Crippen LogP contribution in [0.25, 0.3) is 0 Å². The molecule has 6 heteroatoms. The lowest BCUT2D eigenvalue weighted by Gasteiger charge is -2.13. The zero-order chi connectivity index (χ0) is 17.4. The standard InChI is InChI=1S/C19H24N2O3.ClH/c1-14-5-3-6-15(9-14)13-24-17-8-4-7-16(10-17)21-19(22)11-18(12-20)23-2;/h3-10,18H,11-13,20H2,1-2H3,(H,21,22);1H. The number of ether oxygens (including phenoxy) is 2. The van der Waals surface area contributed by atoms with Gasteiger partial charge in [0.15, 0.2) is 0 Å². The van der Waals surface area contributed by atoms with Crippen LogP contribution in [0.15, 0.2) is 48.5 Å². The Kier molecular flexibility index (Phi) is 8.99. The van der Waals surface area contributed by atoms with Gasteiger partial charge in [0.2, 0.25) is 5.91 Å². The van der Waals surface area contributed by atoms with Gasteiger partial charge in [-0.25, -0.2) is 0 Å². The van der Waals surface area contributed by atoms with E-state index in [0.29, 0.717) is 24.6 Å². The Labute approximate surface area is 154 Å². The molecule has 0 aliphatic heterocycles. The van der Waals surface area contributed by atoms with Gasteiger partial charge in [0, 0.05) is 25.4 Å². The average Bonchev–Trinajstić information content (AvgIpc) is 2.58. The molecule has 0 saturated carbocycles. The van der Waals surface area contributed by atoms with Gasteiger partial charge in [0.25, 0.3) is 0 Å². The van der Waals surface area contributed by atoms with Crippen molar-refractivity contribution in [2.24, 2.45) is 5.73 Å². The zero-order valence-corrected chi connectivity index (χ0v) is 15.3. The normalized spacial score (nSPS) is 11.3. The largest absolute Gasteiger partial charge is 0.489 e. The lowest BCUT2D eigenvalue weighted by atomic mass is 10.1. The van der Waals surface area contributed by atoms with Crippen molar-refractivity contribution in [2.75, 3.05) is 19.0 Å². The number of hydrogen-bond donors (Lipinski definition) is 2. The molecular weight excluding hydrogens is 340 g/mol. The Bertz CT molecular complexity index is 675. The number of amides is 1. The summed E-state index contributed by atoms with van der Waals surface area (Å²) in [5.41, 5.74) is 8.52. The van der Waals surface area contributed by atoms with Crippen LogP contribution in [0.3, 0.4) is 0 Å². The Morgan fingerprint density at radius 2 is 1.96 bits per heavy atom. The van der Waals surface area contributed by atoms with Crippen LogP contribution in [0.5, 0.6) is 5.75 Å². The number of rotatable bonds is 8. The van der Waals surface area contributed by atoms with Crippen molar-refractivity contribution in [1.82, 2.24) is 0 Å². The van der Waals surface area contributed by atoms with Crippen molar-refractivity contribution in [3.05, 3.63) is 59.7 Å². The molecule has 0 heterocycles. The van der Waals surface area contributed by atoms with Crippen molar-refractivity contribution in [3.63, 3.8) is 0 Å². The smallest absolute Gasteiger partial charge is 0.227 e. The predicted octanol–water partition coefficient (Wildman–Crippen LogP) is 3.30. The van der Waals surface area contributed by atoms with Gasteiger partial charge in [-0.05, 0) is 24.6 Å². The molecule has 136 valence electrons. The van der Waals surface area contributed by atoms with E-state index < -0.39 is 0 Å². The fourth-order valence-corrected chi connectivity index (χ4v) is 2.31. The van der Waals surface area contributed by atoms with Crippen molar-refractivity contribution in [1.29, 1.82) is 0 Å². The van der Waals surface area contributed by atoms with E-state index >= 15 is 0 Å². The van der Waals surface area contributed by atoms with Crippen LogP contribution in [0.2, 0.25) is 0 Å². The highest BCUT2D eigenvalue weighted by Crippen LogP contribution is 2.19. The van der Waals surface area contributed by atoms with Crippen molar-refractivity contribution in [3.8, 4) is 5.75 Å². The SMILES string of the molecule is COC(CN)CC(=O)Nc1cccc(OCc2cccc(C)c2)c1.Cl. The van der Waals surface area contributed by atoms with E-state index in [4.69, 9.17) is 15.2 Å². The maximum atomic E-state index is 12.0. The maximum Gasteiger partial charge on any atom is 0.227 e. The van der Waals surface area contributed by atoms with Crippen LogP contribution >= 0.6 is 12.4 Å². The molecule has 0 spiro atoms. The first-order chi connectivity index (χ1) is 11.6. The van der Waals surface area contributed by atoms with E-state index in [2.05, 4.69) is 11.4 Å². The summed E-state index contributed by atoms with van der Waals surface area (Å²) in [6.45, 7) is 2.84.